The van der Waals surface area contributed by atoms with Crippen molar-refractivity contribution < 1.29 is 28.9 Å². The van der Waals surface area contributed by atoms with E-state index in [0.717, 1.165) is 5.56 Å². The maximum atomic E-state index is 12.2. The molecule has 144 valence electrons. The first-order chi connectivity index (χ1) is 12.9. The SMILES string of the molecule is COc1cc(CCC(=O)Nc2ccc(C)c(C(=O)O)c2)cc(OC)c1OC. The molecule has 0 atom stereocenters. The summed E-state index contributed by atoms with van der Waals surface area (Å²) in [5.41, 5.74) is 2.11. The normalized spacial score (nSPS) is 10.2. The fourth-order valence-corrected chi connectivity index (χ4v) is 2.69. The van der Waals surface area contributed by atoms with E-state index in [1.165, 1.54) is 27.4 Å². The fourth-order valence-electron chi connectivity index (χ4n) is 2.69. The van der Waals surface area contributed by atoms with Gasteiger partial charge in [0.2, 0.25) is 11.7 Å². The average molecular weight is 373 g/mol. The van der Waals surface area contributed by atoms with E-state index < -0.39 is 5.97 Å². The van der Waals surface area contributed by atoms with Gasteiger partial charge in [0.15, 0.2) is 11.5 Å². The molecule has 0 aliphatic heterocycles. The summed E-state index contributed by atoms with van der Waals surface area (Å²) in [6.07, 6.45) is 0.676. The van der Waals surface area contributed by atoms with E-state index in [9.17, 15) is 14.7 Å². The number of carbonyl (C=O) groups is 2. The van der Waals surface area contributed by atoms with Gasteiger partial charge in [0, 0.05) is 12.1 Å². The van der Waals surface area contributed by atoms with E-state index in [2.05, 4.69) is 5.32 Å². The molecule has 2 N–H and O–H groups in total. The summed E-state index contributed by atoms with van der Waals surface area (Å²) in [6, 6.07) is 8.39. The smallest absolute Gasteiger partial charge is 0.336 e. The largest absolute Gasteiger partial charge is 0.493 e. The summed E-state index contributed by atoms with van der Waals surface area (Å²) >= 11 is 0. The second-order valence-corrected chi connectivity index (χ2v) is 5.92. The zero-order valence-electron chi connectivity index (χ0n) is 15.8. The minimum absolute atomic E-state index is 0.164. The van der Waals surface area contributed by atoms with E-state index >= 15 is 0 Å². The summed E-state index contributed by atoms with van der Waals surface area (Å²) in [5, 5.41) is 11.9. The van der Waals surface area contributed by atoms with Crippen LogP contribution in [0.5, 0.6) is 17.2 Å². The number of amides is 1. The molecule has 27 heavy (non-hydrogen) atoms. The number of nitrogens with one attached hydrogen (secondary N) is 1. The van der Waals surface area contributed by atoms with Crippen LogP contribution in [0.1, 0.15) is 27.9 Å². The molecule has 0 heterocycles. The molecule has 0 spiro atoms. The number of aromatic carboxylic acids is 1. The highest BCUT2D eigenvalue weighted by Gasteiger charge is 2.14. The molecule has 0 aliphatic rings. The summed E-state index contributed by atoms with van der Waals surface area (Å²) in [5.74, 6) is 0.299. The molecule has 2 rings (SSSR count). The predicted octanol–water partition coefficient (Wildman–Crippen LogP) is 3.29. The summed E-state index contributed by atoms with van der Waals surface area (Å²) < 4.78 is 15.9. The third-order valence-electron chi connectivity index (χ3n) is 4.12. The van der Waals surface area contributed by atoms with Crippen LogP contribution in [0, 0.1) is 6.92 Å². The molecular weight excluding hydrogens is 350 g/mol. The van der Waals surface area contributed by atoms with Crippen LogP contribution in [0.15, 0.2) is 30.3 Å². The molecule has 0 radical (unpaired) electrons. The summed E-state index contributed by atoms with van der Waals surface area (Å²) in [7, 11) is 4.59. The number of ether oxygens (including phenoxy) is 3. The number of methoxy groups -OCH3 is 3. The molecular formula is C20H23NO6. The third-order valence-corrected chi connectivity index (χ3v) is 4.12. The van der Waals surface area contributed by atoms with Crippen molar-refractivity contribution in [3.63, 3.8) is 0 Å². The Kier molecular flexibility index (Phi) is 6.65. The molecule has 0 aliphatic carbocycles. The first-order valence-electron chi connectivity index (χ1n) is 8.32. The van der Waals surface area contributed by atoms with Crippen molar-refractivity contribution in [2.45, 2.75) is 19.8 Å². The van der Waals surface area contributed by atoms with Gasteiger partial charge in [-0.2, -0.15) is 0 Å². The van der Waals surface area contributed by atoms with Crippen molar-refractivity contribution in [1.82, 2.24) is 0 Å². The Labute approximate surface area is 157 Å². The van der Waals surface area contributed by atoms with E-state index in [1.807, 2.05) is 0 Å². The number of hydrogen-bond donors (Lipinski definition) is 2. The summed E-state index contributed by atoms with van der Waals surface area (Å²) in [6.45, 7) is 1.71. The Morgan fingerprint density at radius 3 is 2.15 bits per heavy atom. The number of hydrogen-bond acceptors (Lipinski definition) is 5. The molecule has 7 heteroatoms. The molecule has 0 saturated carbocycles. The Morgan fingerprint density at radius 1 is 1.00 bits per heavy atom. The second kappa shape index (κ2) is 8.93. The van der Waals surface area contributed by atoms with Crippen molar-refractivity contribution in [2.75, 3.05) is 26.6 Å². The fraction of sp³-hybridized carbons (Fsp3) is 0.300. The summed E-state index contributed by atoms with van der Waals surface area (Å²) in [4.78, 5) is 23.4. The van der Waals surface area contributed by atoms with Crippen molar-refractivity contribution in [1.29, 1.82) is 0 Å². The van der Waals surface area contributed by atoms with Gasteiger partial charge in [-0.25, -0.2) is 4.79 Å². The Balaban J connectivity index is 2.08. The Hall–Kier alpha value is -3.22. The maximum Gasteiger partial charge on any atom is 0.336 e. The maximum absolute atomic E-state index is 12.2. The zero-order valence-corrected chi connectivity index (χ0v) is 15.8. The molecule has 0 fully saturated rings. The van der Waals surface area contributed by atoms with Gasteiger partial charge in [-0.3, -0.25) is 4.79 Å². The first kappa shape index (κ1) is 20.1. The lowest BCUT2D eigenvalue weighted by atomic mass is 10.1. The number of carbonyl (C=O) groups excluding carboxylic acids is 1. The van der Waals surface area contributed by atoms with E-state index in [0.29, 0.717) is 34.9 Å². The van der Waals surface area contributed by atoms with Crippen LogP contribution in [-0.2, 0) is 11.2 Å². The Bertz CT molecular complexity index is 821. The highest BCUT2D eigenvalue weighted by Crippen LogP contribution is 2.38. The first-order valence-corrected chi connectivity index (χ1v) is 8.32. The van der Waals surface area contributed by atoms with Crippen molar-refractivity contribution in [3.8, 4) is 17.2 Å². The van der Waals surface area contributed by atoms with Gasteiger partial charge < -0.3 is 24.6 Å². The van der Waals surface area contributed by atoms with E-state index in [-0.39, 0.29) is 17.9 Å². The molecule has 7 nitrogen and oxygen atoms in total. The number of carboxylic acid groups (broad SMARTS) is 1. The highest BCUT2D eigenvalue weighted by molar-refractivity contribution is 5.94. The van der Waals surface area contributed by atoms with Gasteiger partial charge in [-0.05, 0) is 48.7 Å². The lowest BCUT2D eigenvalue weighted by Gasteiger charge is -2.14. The van der Waals surface area contributed by atoms with Crippen molar-refractivity contribution in [2.24, 2.45) is 0 Å². The number of rotatable bonds is 8. The molecule has 1 amide bonds. The van der Waals surface area contributed by atoms with Gasteiger partial charge in [0.25, 0.3) is 0 Å². The topological polar surface area (TPSA) is 94.1 Å². The number of carboxylic acids is 1. The van der Waals surface area contributed by atoms with Crippen molar-refractivity contribution in [3.05, 3.63) is 47.0 Å². The van der Waals surface area contributed by atoms with Crippen LogP contribution in [-0.4, -0.2) is 38.3 Å². The monoisotopic (exact) mass is 373 g/mol. The van der Waals surface area contributed by atoms with Crippen LogP contribution < -0.4 is 19.5 Å². The van der Waals surface area contributed by atoms with Gasteiger partial charge in [-0.15, -0.1) is 0 Å². The quantitative estimate of drug-likeness (QED) is 0.737. The van der Waals surface area contributed by atoms with Crippen molar-refractivity contribution >= 4 is 17.6 Å². The van der Waals surface area contributed by atoms with Gasteiger partial charge >= 0.3 is 5.97 Å². The number of benzene rings is 2. The molecule has 2 aromatic rings. The standard InChI is InChI=1S/C20H23NO6/c1-12-5-7-14(11-15(12)20(23)24)21-18(22)8-6-13-9-16(25-2)19(27-4)17(10-13)26-3/h5,7,9-11H,6,8H2,1-4H3,(H,21,22)(H,23,24). The van der Waals surface area contributed by atoms with E-state index in [1.54, 1.807) is 31.2 Å². The van der Waals surface area contributed by atoms with Crippen LogP contribution >= 0.6 is 0 Å². The van der Waals surface area contributed by atoms with Gasteiger partial charge in [-0.1, -0.05) is 6.07 Å². The van der Waals surface area contributed by atoms with Crippen LogP contribution in [0.2, 0.25) is 0 Å². The van der Waals surface area contributed by atoms with Gasteiger partial charge in [0.05, 0.1) is 26.9 Å². The molecule has 0 bridgehead atoms. The third kappa shape index (κ3) is 4.91. The minimum Gasteiger partial charge on any atom is -0.493 e. The lowest BCUT2D eigenvalue weighted by Crippen LogP contribution is -2.13. The number of anilines is 1. The Morgan fingerprint density at radius 2 is 1.63 bits per heavy atom. The minimum atomic E-state index is -1.03. The highest BCUT2D eigenvalue weighted by atomic mass is 16.5. The molecule has 2 aromatic carbocycles. The zero-order chi connectivity index (χ0) is 20.0. The average Bonchev–Trinajstić information content (AvgIpc) is 2.66. The van der Waals surface area contributed by atoms with Gasteiger partial charge in [0.1, 0.15) is 0 Å². The molecule has 0 unspecified atom stereocenters. The van der Waals surface area contributed by atoms with Crippen LogP contribution in [0.25, 0.3) is 0 Å². The predicted molar refractivity (Wildman–Crippen MR) is 101 cm³/mol. The molecule has 0 aromatic heterocycles. The van der Waals surface area contributed by atoms with Crippen LogP contribution in [0.4, 0.5) is 5.69 Å². The lowest BCUT2D eigenvalue weighted by molar-refractivity contribution is -0.116. The van der Waals surface area contributed by atoms with E-state index in [4.69, 9.17) is 14.2 Å². The number of aryl methyl sites for hydroxylation is 2. The van der Waals surface area contributed by atoms with Crippen LogP contribution in [0.3, 0.4) is 0 Å². The second-order valence-electron chi connectivity index (χ2n) is 5.92. The molecule has 0 saturated heterocycles.